The van der Waals surface area contributed by atoms with E-state index >= 15 is 0 Å². The molecule has 1 aromatic heterocycles. The number of pyridine rings is 1. The van der Waals surface area contributed by atoms with Crippen LogP contribution < -0.4 is 5.73 Å². The van der Waals surface area contributed by atoms with Crippen molar-refractivity contribution < 1.29 is 25.3 Å². The van der Waals surface area contributed by atoms with Gasteiger partial charge >= 0.3 is 0 Å². The summed E-state index contributed by atoms with van der Waals surface area (Å²) in [6, 6.07) is 0. The Balaban J connectivity index is 4.18. The largest absolute Gasteiger partial charge is 0.395 e. The van der Waals surface area contributed by atoms with Crippen LogP contribution >= 0.6 is 11.6 Å². The highest BCUT2D eigenvalue weighted by atomic mass is 35.5. The van der Waals surface area contributed by atoms with Gasteiger partial charge in [-0.2, -0.15) is 0 Å². The molecule has 8 nitrogen and oxygen atoms in total. The van der Waals surface area contributed by atoms with Gasteiger partial charge in [-0.3, -0.25) is 0 Å². The van der Waals surface area contributed by atoms with Crippen LogP contribution in [0.3, 0.4) is 0 Å². The Hall–Kier alpha value is -0.910. The molecule has 0 atom stereocenters. The summed E-state index contributed by atoms with van der Waals surface area (Å²) in [7, 11) is -12.1. The lowest BCUT2D eigenvalue weighted by molar-refractivity contribution is 0.590. The Labute approximate surface area is 121 Å². The van der Waals surface area contributed by atoms with Crippen molar-refractivity contribution in [1.29, 1.82) is 0 Å². The van der Waals surface area contributed by atoms with Crippen LogP contribution in [0.4, 0.5) is 5.69 Å². The monoisotopic (exact) mass is 362 g/mol. The minimum atomic E-state index is -4.06. The molecule has 0 aliphatic heterocycles. The SMILES string of the molecule is CS(=O)(=O)c1nc(S(C)(=O)=O)c(Cl)c(S(C)(=O)=O)c1N. The Morgan fingerprint density at radius 1 is 0.850 bits per heavy atom. The molecule has 1 rings (SSSR count). The van der Waals surface area contributed by atoms with E-state index in [1.807, 2.05) is 0 Å². The highest BCUT2D eigenvalue weighted by molar-refractivity contribution is 7.92. The first-order valence-electron chi connectivity index (χ1n) is 4.76. The smallest absolute Gasteiger partial charge is 0.194 e. The molecule has 0 saturated heterocycles. The summed E-state index contributed by atoms with van der Waals surface area (Å²) in [5.41, 5.74) is 4.77. The van der Waals surface area contributed by atoms with Crippen molar-refractivity contribution >= 4 is 46.8 Å². The molecule has 20 heavy (non-hydrogen) atoms. The van der Waals surface area contributed by atoms with Gasteiger partial charge in [0.25, 0.3) is 0 Å². The summed E-state index contributed by atoms with van der Waals surface area (Å²) < 4.78 is 69.5. The molecule has 0 unspecified atom stereocenters. The van der Waals surface area contributed by atoms with Crippen LogP contribution in [-0.4, -0.2) is 49.0 Å². The maximum atomic E-state index is 11.7. The van der Waals surface area contributed by atoms with E-state index in [4.69, 9.17) is 17.3 Å². The standard InChI is InChI=1S/C8H11ClN2O6S3/c1-18(12,13)6-4(9)7(19(2,14)15)11-8(5(6)10)20(3,16)17/h10H2,1-3H3. The lowest BCUT2D eigenvalue weighted by Crippen LogP contribution is -2.16. The van der Waals surface area contributed by atoms with Gasteiger partial charge in [-0.15, -0.1) is 0 Å². The molecule has 0 saturated carbocycles. The molecule has 0 aliphatic carbocycles. The second-order valence-corrected chi connectivity index (χ2v) is 10.3. The zero-order valence-electron chi connectivity index (χ0n) is 10.6. The summed E-state index contributed by atoms with van der Waals surface area (Å²) in [5, 5.41) is -2.42. The predicted octanol–water partition coefficient (Wildman–Crippen LogP) is -0.472. The number of hydrogen-bond donors (Lipinski definition) is 1. The Morgan fingerprint density at radius 2 is 1.25 bits per heavy atom. The zero-order valence-corrected chi connectivity index (χ0v) is 13.8. The first-order valence-corrected chi connectivity index (χ1v) is 10.8. The maximum Gasteiger partial charge on any atom is 0.194 e. The molecular weight excluding hydrogens is 352 g/mol. The van der Waals surface area contributed by atoms with Crippen molar-refractivity contribution in [2.45, 2.75) is 14.9 Å². The van der Waals surface area contributed by atoms with Gasteiger partial charge in [0.2, 0.25) is 0 Å². The summed E-state index contributed by atoms with van der Waals surface area (Å²) >= 11 is 5.71. The van der Waals surface area contributed by atoms with E-state index in [0.29, 0.717) is 0 Å². The molecule has 1 heterocycles. The van der Waals surface area contributed by atoms with E-state index in [0.717, 1.165) is 18.8 Å². The lowest BCUT2D eigenvalue weighted by Gasteiger charge is -2.12. The highest BCUT2D eigenvalue weighted by Crippen LogP contribution is 2.35. The normalized spacial score (nSPS) is 13.4. The van der Waals surface area contributed by atoms with Gasteiger partial charge < -0.3 is 5.73 Å². The van der Waals surface area contributed by atoms with Crippen LogP contribution in [0.25, 0.3) is 0 Å². The number of nitrogens with two attached hydrogens (primary N) is 1. The van der Waals surface area contributed by atoms with E-state index in [1.54, 1.807) is 0 Å². The second kappa shape index (κ2) is 4.83. The Kier molecular flexibility index (Phi) is 4.14. The summed E-state index contributed by atoms with van der Waals surface area (Å²) in [5.74, 6) is 0. The fourth-order valence-corrected chi connectivity index (χ4v) is 4.94. The van der Waals surface area contributed by atoms with E-state index in [-0.39, 0.29) is 0 Å². The highest BCUT2D eigenvalue weighted by Gasteiger charge is 2.30. The van der Waals surface area contributed by atoms with Crippen molar-refractivity contribution in [3.8, 4) is 0 Å². The number of hydrogen-bond acceptors (Lipinski definition) is 8. The first-order chi connectivity index (χ1) is 8.67. The molecule has 1 aromatic rings. The number of aromatic nitrogens is 1. The topological polar surface area (TPSA) is 141 Å². The van der Waals surface area contributed by atoms with E-state index < -0.39 is 55.2 Å². The van der Waals surface area contributed by atoms with Gasteiger partial charge in [0, 0.05) is 18.8 Å². The van der Waals surface area contributed by atoms with E-state index in [1.165, 1.54) is 0 Å². The maximum absolute atomic E-state index is 11.7. The Bertz CT molecular complexity index is 830. The molecule has 0 spiro atoms. The molecule has 0 radical (unpaired) electrons. The van der Waals surface area contributed by atoms with Crippen LogP contribution in [0.2, 0.25) is 5.02 Å². The molecule has 0 aliphatic rings. The van der Waals surface area contributed by atoms with E-state index in [9.17, 15) is 25.3 Å². The number of sulfone groups is 3. The third-order valence-electron chi connectivity index (χ3n) is 2.14. The molecule has 0 fully saturated rings. The number of nitrogens with zero attached hydrogens (tertiary/aromatic N) is 1. The minimum absolute atomic E-state index is 0.701. The molecule has 12 heteroatoms. The average molecular weight is 363 g/mol. The molecule has 0 amide bonds. The minimum Gasteiger partial charge on any atom is -0.395 e. The van der Waals surface area contributed by atoms with E-state index in [2.05, 4.69) is 4.98 Å². The third kappa shape index (κ3) is 3.22. The molecule has 114 valence electrons. The number of anilines is 1. The van der Waals surface area contributed by atoms with Gasteiger partial charge in [-0.25, -0.2) is 30.2 Å². The lowest BCUT2D eigenvalue weighted by atomic mass is 10.4. The van der Waals surface area contributed by atoms with Crippen LogP contribution in [-0.2, 0) is 29.5 Å². The molecule has 2 N–H and O–H groups in total. The fourth-order valence-electron chi connectivity index (χ4n) is 1.40. The zero-order chi connectivity index (χ0) is 16.1. The summed E-state index contributed by atoms with van der Waals surface area (Å²) in [4.78, 5) is 2.62. The van der Waals surface area contributed by atoms with Crippen molar-refractivity contribution in [3.05, 3.63) is 5.02 Å². The van der Waals surface area contributed by atoms with Crippen molar-refractivity contribution in [3.63, 3.8) is 0 Å². The Morgan fingerprint density at radius 3 is 1.55 bits per heavy atom. The number of halogens is 1. The summed E-state index contributed by atoms with van der Waals surface area (Å²) in [6.45, 7) is 0. The third-order valence-corrected chi connectivity index (χ3v) is 5.91. The van der Waals surface area contributed by atoms with Crippen molar-refractivity contribution in [2.24, 2.45) is 0 Å². The summed E-state index contributed by atoms with van der Waals surface area (Å²) in [6.07, 6.45) is 2.16. The van der Waals surface area contributed by atoms with Gasteiger partial charge in [-0.1, -0.05) is 11.6 Å². The number of rotatable bonds is 3. The van der Waals surface area contributed by atoms with Crippen LogP contribution in [0, 0.1) is 0 Å². The fraction of sp³-hybridized carbons (Fsp3) is 0.375. The molecule has 0 aromatic carbocycles. The average Bonchev–Trinajstić information content (AvgIpc) is 2.10. The van der Waals surface area contributed by atoms with Gasteiger partial charge in [0.05, 0.1) is 10.7 Å². The second-order valence-electron chi connectivity index (χ2n) is 4.10. The van der Waals surface area contributed by atoms with Crippen LogP contribution in [0.15, 0.2) is 14.9 Å². The molecule has 0 bridgehead atoms. The van der Waals surface area contributed by atoms with Gasteiger partial charge in [0.1, 0.15) is 4.90 Å². The van der Waals surface area contributed by atoms with Crippen LogP contribution in [0.1, 0.15) is 0 Å². The van der Waals surface area contributed by atoms with Crippen LogP contribution in [0.5, 0.6) is 0 Å². The quantitative estimate of drug-likeness (QED) is 0.760. The first kappa shape index (κ1) is 17.1. The van der Waals surface area contributed by atoms with Gasteiger partial charge in [-0.05, 0) is 0 Å². The van der Waals surface area contributed by atoms with Crippen molar-refractivity contribution in [1.82, 2.24) is 4.98 Å². The van der Waals surface area contributed by atoms with Gasteiger partial charge in [0.15, 0.2) is 39.6 Å². The van der Waals surface area contributed by atoms with Crippen molar-refractivity contribution in [2.75, 3.05) is 24.5 Å². The predicted molar refractivity (Wildman–Crippen MR) is 73.0 cm³/mol. The molecular formula is C8H11ClN2O6S3. The number of nitrogen functional groups attached to an aromatic ring is 1.